The van der Waals surface area contributed by atoms with Crippen molar-refractivity contribution < 1.29 is 50.3 Å². The van der Waals surface area contributed by atoms with E-state index in [1.54, 1.807) is 0 Å². The van der Waals surface area contributed by atoms with Crippen LogP contribution in [0.1, 0.15) is 6.42 Å². The number of hydrogen-bond donors (Lipinski definition) is 8. The molecule has 8 unspecified atom stereocenters. The highest BCUT2D eigenvalue weighted by Gasteiger charge is 2.57. The molecule has 136 valence electrons. The summed E-state index contributed by atoms with van der Waals surface area (Å²) < 4.78 is 10.7. The molecule has 0 amide bonds. The maximum Gasteiger partial charge on any atom is 0.221 e. The third kappa shape index (κ3) is 3.24. The molecule has 8 N–H and O–H groups in total. The van der Waals surface area contributed by atoms with Gasteiger partial charge in [0.25, 0.3) is 0 Å². The predicted molar refractivity (Wildman–Crippen MR) is 71.9 cm³/mol. The first kappa shape index (κ1) is 18.9. The summed E-state index contributed by atoms with van der Waals surface area (Å²) in [6.45, 7) is -1.98. The average Bonchev–Trinajstić information content (AvgIpc) is 2.80. The minimum atomic E-state index is -2.10. The number of hydrogen-bond acceptors (Lipinski definition) is 10. The summed E-state index contributed by atoms with van der Waals surface area (Å²) in [7, 11) is 0. The molecule has 0 aromatic heterocycles. The highest BCUT2D eigenvalue weighted by Crippen LogP contribution is 2.37. The number of rotatable bonds is 5. The van der Waals surface area contributed by atoms with Crippen molar-refractivity contribution in [1.82, 2.24) is 0 Å². The Balaban J connectivity index is 2.18. The molecule has 2 rings (SSSR count). The fraction of sp³-hybridized carbons (Fsp3) is 1.00. The average molecular weight is 340 g/mol. The number of aliphatic hydroxyl groups is 8. The fourth-order valence-electron chi connectivity index (χ4n) is 3.10. The van der Waals surface area contributed by atoms with E-state index in [-0.39, 0.29) is 6.42 Å². The zero-order valence-electron chi connectivity index (χ0n) is 12.3. The molecule has 23 heavy (non-hydrogen) atoms. The lowest BCUT2D eigenvalue weighted by molar-refractivity contribution is -0.319. The van der Waals surface area contributed by atoms with Crippen molar-refractivity contribution in [2.75, 3.05) is 19.8 Å². The van der Waals surface area contributed by atoms with E-state index in [1.165, 1.54) is 0 Å². The molecule has 10 nitrogen and oxygen atoms in total. The summed E-state index contributed by atoms with van der Waals surface area (Å²) in [5, 5.41) is 77.3. The standard InChI is InChI=1S/C13H24O10/c14-2-5-1-6(9(18)11(20)8(5)17)22-13(4-16)12(21)10(19)7(3-15)23-13/h5-12,14-21H,1-4H2/t5?,6?,7?,8?,9?,10?,11?,12?,13-/m1/s1. The van der Waals surface area contributed by atoms with Crippen LogP contribution in [0.15, 0.2) is 0 Å². The molecule has 0 aromatic carbocycles. The van der Waals surface area contributed by atoms with Crippen molar-refractivity contribution >= 4 is 0 Å². The third-order valence-corrected chi connectivity index (χ3v) is 4.59. The van der Waals surface area contributed by atoms with Crippen LogP contribution in [0.4, 0.5) is 0 Å². The van der Waals surface area contributed by atoms with Crippen molar-refractivity contribution in [3.05, 3.63) is 0 Å². The van der Waals surface area contributed by atoms with Crippen LogP contribution in [0.25, 0.3) is 0 Å². The lowest BCUT2D eigenvalue weighted by Crippen LogP contribution is -2.59. The Labute approximate surface area is 132 Å². The number of ether oxygens (including phenoxy) is 2. The summed E-state index contributed by atoms with van der Waals surface area (Å²) in [4.78, 5) is 0. The van der Waals surface area contributed by atoms with Gasteiger partial charge in [0, 0.05) is 12.5 Å². The highest BCUT2D eigenvalue weighted by atomic mass is 16.7. The molecule has 10 heteroatoms. The van der Waals surface area contributed by atoms with Crippen molar-refractivity contribution in [2.45, 2.75) is 54.9 Å². The first-order valence-corrected chi connectivity index (χ1v) is 7.39. The summed E-state index contributed by atoms with van der Waals surface area (Å²) in [5.41, 5.74) is 0. The largest absolute Gasteiger partial charge is 0.396 e. The smallest absolute Gasteiger partial charge is 0.221 e. The van der Waals surface area contributed by atoms with Crippen LogP contribution in [0, 0.1) is 5.92 Å². The van der Waals surface area contributed by atoms with E-state index in [0.717, 1.165) is 0 Å². The molecule has 1 aliphatic heterocycles. The minimum Gasteiger partial charge on any atom is -0.396 e. The molecule has 1 saturated carbocycles. The van der Waals surface area contributed by atoms with Gasteiger partial charge in [0.05, 0.1) is 18.8 Å². The topological polar surface area (TPSA) is 180 Å². The molecule has 2 fully saturated rings. The highest BCUT2D eigenvalue weighted by molar-refractivity contribution is 5.00. The van der Waals surface area contributed by atoms with Gasteiger partial charge in [0.15, 0.2) is 0 Å². The molecule has 2 aliphatic rings. The Kier molecular flexibility index (Phi) is 5.95. The molecule has 0 spiro atoms. The predicted octanol–water partition coefficient (Wildman–Crippen LogP) is -4.73. The van der Waals surface area contributed by atoms with Gasteiger partial charge in [-0.2, -0.15) is 0 Å². The van der Waals surface area contributed by atoms with E-state index in [9.17, 15) is 35.7 Å². The van der Waals surface area contributed by atoms with Crippen molar-refractivity contribution in [1.29, 1.82) is 0 Å². The zero-order chi connectivity index (χ0) is 17.4. The van der Waals surface area contributed by atoms with Crippen molar-refractivity contribution in [2.24, 2.45) is 5.92 Å². The zero-order valence-corrected chi connectivity index (χ0v) is 12.3. The lowest BCUT2D eigenvalue weighted by atomic mass is 9.81. The van der Waals surface area contributed by atoms with E-state index >= 15 is 0 Å². The Morgan fingerprint density at radius 3 is 2.00 bits per heavy atom. The summed E-state index contributed by atoms with van der Waals surface area (Å²) in [5.74, 6) is -2.88. The van der Waals surface area contributed by atoms with Gasteiger partial charge in [-0.3, -0.25) is 0 Å². The molecular weight excluding hydrogens is 316 g/mol. The first-order chi connectivity index (χ1) is 10.8. The fourth-order valence-corrected chi connectivity index (χ4v) is 3.10. The molecule has 0 radical (unpaired) electrons. The molecule has 9 atom stereocenters. The molecule has 1 aliphatic carbocycles. The lowest BCUT2D eigenvalue weighted by Gasteiger charge is -2.43. The van der Waals surface area contributed by atoms with E-state index in [2.05, 4.69) is 0 Å². The second-order valence-corrected chi connectivity index (χ2v) is 6.05. The van der Waals surface area contributed by atoms with E-state index < -0.39 is 74.3 Å². The van der Waals surface area contributed by atoms with E-state index in [1.807, 2.05) is 0 Å². The second kappa shape index (κ2) is 7.23. The van der Waals surface area contributed by atoms with Crippen molar-refractivity contribution in [3.63, 3.8) is 0 Å². The summed E-state index contributed by atoms with van der Waals surface area (Å²) >= 11 is 0. The Morgan fingerprint density at radius 1 is 0.870 bits per heavy atom. The first-order valence-electron chi connectivity index (χ1n) is 7.39. The maximum absolute atomic E-state index is 10.1. The van der Waals surface area contributed by atoms with Crippen LogP contribution >= 0.6 is 0 Å². The molecule has 1 heterocycles. The third-order valence-electron chi connectivity index (χ3n) is 4.59. The SMILES string of the molecule is OCC1CC(O[C@]2(CO)OC(CO)C(O)C2O)C(O)C(O)C1O. The maximum atomic E-state index is 10.1. The van der Waals surface area contributed by atoms with E-state index in [4.69, 9.17) is 14.6 Å². The van der Waals surface area contributed by atoms with Crippen LogP contribution in [-0.4, -0.2) is 109 Å². The Morgan fingerprint density at radius 2 is 1.52 bits per heavy atom. The van der Waals surface area contributed by atoms with Gasteiger partial charge < -0.3 is 50.3 Å². The van der Waals surface area contributed by atoms with Crippen LogP contribution < -0.4 is 0 Å². The quantitative estimate of drug-likeness (QED) is 0.242. The second-order valence-electron chi connectivity index (χ2n) is 6.05. The number of aliphatic hydroxyl groups excluding tert-OH is 8. The molecular formula is C13H24O10. The van der Waals surface area contributed by atoms with Gasteiger partial charge in [0.2, 0.25) is 5.79 Å². The van der Waals surface area contributed by atoms with Crippen LogP contribution in [-0.2, 0) is 9.47 Å². The van der Waals surface area contributed by atoms with Gasteiger partial charge in [-0.1, -0.05) is 0 Å². The van der Waals surface area contributed by atoms with Crippen LogP contribution in [0.5, 0.6) is 0 Å². The Hall–Kier alpha value is -0.400. The molecule has 1 saturated heterocycles. The van der Waals surface area contributed by atoms with Gasteiger partial charge in [-0.15, -0.1) is 0 Å². The van der Waals surface area contributed by atoms with Gasteiger partial charge >= 0.3 is 0 Å². The monoisotopic (exact) mass is 340 g/mol. The van der Waals surface area contributed by atoms with Crippen LogP contribution in [0.3, 0.4) is 0 Å². The van der Waals surface area contributed by atoms with Gasteiger partial charge in [-0.25, -0.2) is 0 Å². The van der Waals surface area contributed by atoms with Gasteiger partial charge in [0.1, 0.15) is 37.1 Å². The van der Waals surface area contributed by atoms with Gasteiger partial charge in [-0.05, 0) is 6.42 Å². The molecule has 0 bridgehead atoms. The normalized spacial score (nSPS) is 51.1. The van der Waals surface area contributed by atoms with Crippen LogP contribution in [0.2, 0.25) is 0 Å². The summed E-state index contributed by atoms with van der Waals surface area (Å²) in [6.07, 6.45) is -10.2. The molecule has 0 aromatic rings. The Bertz CT molecular complexity index is 393. The van der Waals surface area contributed by atoms with Crippen molar-refractivity contribution in [3.8, 4) is 0 Å². The minimum absolute atomic E-state index is 0.0758. The summed E-state index contributed by atoms with van der Waals surface area (Å²) in [6, 6.07) is 0. The van der Waals surface area contributed by atoms with E-state index in [0.29, 0.717) is 0 Å².